The number of esters is 1. The molecule has 134 valence electrons. The van der Waals surface area contributed by atoms with E-state index in [1.165, 1.54) is 11.3 Å². The van der Waals surface area contributed by atoms with Gasteiger partial charge in [-0.3, -0.25) is 9.59 Å². The second-order valence-electron chi connectivity index (χ2n) is 5.62. The molecule has 1 aromatic heterocycles. The van der Waals surface area contributed by atoms with Crippen LogP contribution in [0.5, 0.6) is 0 Å². The third kappa shape index (κ3) is 3.86. The summed E-state index contributed by atoms with van der Waals surface area (Å²) in [5.74, 6) is -0.751. The van der Waals surface area contributed by atoms with Gasteiger partial charge in [0.25, 0.3) is 5.91 Å². The summed E-state index contributed by atoms with van der Waals surface area (Å²) >= 11 is 7.23. The number of fused-ring (bicyclic) bond motifs is 1. The average molecular weight is 389 g/mol. The van der Waals surface area contributed by atoms with Crippen molar-refractivity contribution in [2.24, 2.45) is 4.99 Å². The topological polar surface area (TPSA) is 60.7 Å². The smallest absolute Gasteiger partial charge is 0.326 e. The molecular formula is C19H17ClN2O3S. The van der Waals surface area contributed by atoms with Crippen LogP contribution in [0.3, 0.4) is 0 Å². The van der Waals surface area contributed by atoms with E-state index >= 15 is 0 Å². The van der Waals surface area contributed by atoms with Crippen molar-refractivity contribution in [1.82, 2.24) is 4.57 Å². The number of thiazole rings is 1. The number of aromatic nitrogens is 1. The van der Waals surface area contributed by atoms with Gasteiger partial charge in [-0.1, -0.05) is 35.1 Å². The molecule has 26 heavy (non-hydrogen) atoms. The Morgan fingerprint density at radius 3 is 2.62 bits per heavy atom. The van der Waals surface area contributed by atoms with Crippen LogP contribution in [0.25, 0.3) is 10.2 Å². The molecule has 3 aromatic rings. The van der Waals surface area contributed by atoms with Crippen LogP contribution in [-0.2, 0) is 16.1 Å². The SMILES string of the molecule is CCOC(=O)Cn1c(=NC(=O)c2ccc(Cl)cc2)sc2cccc(C)c21. The zero-order chi connectivity index (χ0) is 18.7. The van der Waals surface area contributed by atoms with Gasteiger partial charge in [-0.2, -0.15) is 4.99 Å². The summed E-state index contributed by atoms with van der Waals surface area (Å²) in [7, 11) is 0. The molecular weight excluding hydrogens is 372 g/mol. The fourth-order valence-electron chi connectivity index (χ4n) is 2.62. The van der Waals surface area contributed by atoms with Crippen LogP contribution in [0.1, 0.15) is 22.8 Å². The Hall–Kier alpha value is -2.44. The zero-order valence-corrected chi connectivity index (χ0v) is 15.9. The number of hydrogen-bond donors (Lipinski definition) is 0. The molecule has 0 aliphatic heterocycles. The minimum atomic E-state index is -0.386. The lowest BCUT2D eigenvalue weighted by Crippen LogP contribution is -2.23. The van der Waals surface area contributed by atoms with Crippen molar-refractivity contribution in [2.45, 2.75) is 20.4 Å². The van der Waals surface area contributed by atoms with E-state index in [0.717, 1.165) is 15.8 Å². The van der Waals surface area contributed by atoms with E-state index in [4.69, 9.17) is 16.3 Å². The van der Waals surface area contributed by atoms with E-state index in [0.29, 0.717) is 22.0 Å². The molecule has 0 aliphatic carbocycles. The van der Waals surface area contributed by atoms with Gasteiger partial charge in [-0.05, 0) is 49.7 Å². The summed E-state index contributed by atoms with van der Waals surface area (Å²) in [4.78, 5) is 29.3. The van der Waals surface area contributed by atoms with Gasteiger partial charge in [0.15, 0.2) is 4.80 Å². The van der Waals surface area contributed by atoms with E-state index in [1.807, 2.05) is 25.1 Å². The standard InChI is InChI=1S/C19H17ClN2O3S/c1-3-25-16(23)11-22-17-12(2)5-4-6-15(17)26-19(22)21-18(24)13-7-9-14(20)10-8-13/h4-10H,3,11H2,1-2H3. The lowest BCUT2D eigenvalue weighted by molar-refractivity contribution is -0.143. The van der Waals surface area contributed by atoms with Crippen LogP contribution in [0, 0.1) is 6.92 Å². The highest BCUT2D eigenvalue weighted by Crippen LogP contribution is 2.21. The number of ether oxygens (including phenoxy) is 1. The Bertz CT molecular complexity index is 1040. The predicted octanol–water partition coefficient (Wildman–Crippen LogP) is 3.97. The van der Waals surface area contributed by atoms with Crippen molar-refractivity contribution in [3.63, 3.8) is 0 Å². The molecule has 1 heterocycles. The highest BCUT2D eigenvalue weighted by atomic mass is 35.5. The Morgan fingerprint density at radius 2 is 1.92 bits per heavy atom. The van der Waals surface area contributed by atoms with Gasteiger partial charge in [-0.15, -0.1) is 0 Å². The van der Waals surface area contributed by atoms with Crippen LogP contribution in [0.2, 0.25) is 5.02 Å². The van der Waals surface area contributed by atoms with Gasteiger partial charge < -0.3 is 9.30 Å². The number of para-hydroxylation sites is 1. The molecule has 3 rings (SSSR count). The van der Waals surface area contributed by atoms with E-state index < -0.39 is 0 Å². The lowest BCUT2D eigenvalue weighted by atomic mass is 10.2. The number of rotatable bonds is 4. The van der Waals surface area contributed by atoms with Crippen molar-refractivity contribution in [2.75, 3.05) is 6.61 Å². The van der Waals surface area contributed by atoms with Gasteiger partial charge in [0, 0.05) is 10.6 Å². The fraction of sp³-hybridized carbons (Fsp3) is 0.211. The van der Waals surface area contributed by atoms with Crippen molar-refractivity contribution in [3.8, 4) is 0 Å². The van der Waals surface area contributed by atoms with E-state index in [9.17, 15) is 9.59 Å². The summed E-state index contributed by atoms with van der Waals surface area (Å²) in [6, 6.07) is 12.4. The van der Waals surface area contributed by atoms with Gasteiger partial charge >= 0.3 is 5.97 Å². The number of halogens is 1. The Balaban J connectivity index is 2.12. The molecule has 2 aromatic carbocycles. The first kappa shape index (κ1) is 18.4. The number of benzene rings is 2. The van der Waals surface area contributed by atoms with Crippen molar-refractivity contribution >= 4 is 45.0 Å². The Kier molecular flexibility index (Phi) is 5.54. The molecule has 0 saturated carbocycles. The number of carbonyl (C=O) groups excluding carboxylic acids is 2. The summed E-state index contributed by atoms with van der Waals surface area (Å²) in [5, 5.41) is 0.552. The van der Waals surface area contributed by atoms with E-state index in [1.54, 1.807) is 35.8 Å². The van der Waals surface area contributed by atoms with Crippen molar-refractivity contribution in [3.05, 3.63) is 63.4 Å². The Labute approximate surface area is 159 Å². The number of nitrogens with zero attached hydrogens (tertiary/aromatic N) is 2. The predicted molar refractivity (Wildman–Crippen MR) is 103 cm³/mol. The van der Waals surface area contributed by atoms with Gasteiger partial charge in [-0.25, -0.2) is 0 Å². The number of hydrogen-bond acceptors (Lipinski definition) is 4. The second kappa shape index (κ2) is 7.85. The monoisotopic (exact) mass is 388 g/mol. The van der Waals surface area contributed by atoms with Crippen molar-refractivity contribution in [1.29, 1.82) is 0 Å². The molecule has 7 heteroatoms. The summed E-state index contributed by atoms with van der Waals surface area (Å²) in [6.45, 7) is 4.03. The largest absolute Gasteiger partial charge is 0.465 e. The quantitative estimate of drug-likeness (QED) is 0.635. The minimum Gasteiger partial charge on any atom is -0.465 e. The normalized spacial score (nSPS) is 11.7. The lowest BCUT2D eigenvalue weighted by Gasteiger charge is -2.06. The first-order chi connectivity index (χ1) is 12.5. The molecule has 0 unspecified atom stereocenters. The van der Waals surface area contributed by atoms with Crippen LogP contribution in [-0.4, -0.2) is 23.1 Å². The molecule has 1 amide bonds. The molecule has 0 spiro atoms. The molecule has 0 atom stereocenters. The second-order valence-corrected chi connectivity index (χ2v) is 7.07. The first-order valence-corrected chi connectivity index (χ1v) is 9.28. The number of amides is 1. The number of aryl methyl sites for hydroxylation is 1. The first-order valence-electron chi connectivity index (χ1n) is 8.08. The number of carbonyl (C=O) groups is 2. The van der Waals surface area contributed by atoms with Crippen LogP contribution in [0.4, 0.5) is 0 Å². The zero-order valence-electron chi connectivity index (χ0n) is 14.4. The van der Waals surface area contributed by atoms with Gasteiger partial charge in [0.2, 0.25) is 0 Å². The molecule has 5 nitrogen and oxygen atoms in total. The molecule has 0 N–H and O–H groups in total. The molecule has 0 bridgehead atoms. The van der Waals surface area contributed by atoms with E-state index in [-0.39, 0.29) is 18.4 Å². The Morgan fingerprint density at radius 1 is 1.19 bits per heavy atom. The third-order valence-electron chi connectivity index (χ3n) is 3.78. The summed E-state index contributed by atoms with van der Waals surface area (Å²) in [5.41, 5.74) is 2.32. The molecule has 0 aliphatic rings. The fourth-order valence-corrected chi connectivity index (χ4v) is 3.85. The maximum atomic E-state index is 12.5. The summed E-state index contributed by atoms with van der Waals surface area (Å²) < 4.78 is 7.76. The maximum absolute atomic E-state index is 12.5. The van der Waals surface area contributed by atoms with Crippen LogP contribution >= 0.6 is 22.9 Å². The van der Waals surface area contributed by atoms with Crippen molar-refractivity contribution < 1.29 is 14.3 Å². The van der Waals surface area contributed by atoms with Gasteiger partial charge in [0.1, 0.15) is 6.54 Å². The van der Waals surface area contributed by atoms with Crippen LogP contribution < -0.4 is 4.80 Å². The average Bonchev–Trinajstić information content (AvgIpc) is 2.94. The molecule has 0 radical (unpaired) electrons. The minimum absolute atomic E-state index is 0.00538. The van der Waals surface area contributed by atoms with Gasteiger partial charge in [0.05, 0.1) is 16.8 Å². The van der Waals surface area contributed by atoms with Crippen LogP contribution in [0.15, 0.2) is 47.5 Å². The summed E-state index contributed by atoms with van der Waals surface area (Å²) in [6.07, 6.45) is 0. The highest BCUT2D eigenvalue weighted by Gasteiger charge is 2.14. The highest BCUT2D eigenvalue weighted by molar-refractivity contribution is 7.16. The molecule has 0 saturated heterocycles. The maximum Gasteiger partial charge on any atom is 0.326 e. The molecule has 0 fully saturated rings. The third-order valence-corrected chi connectivity index (χ3v) is 5.08. The van der Waals surface area contributed by atoms with E-state index in [2.05, 4.69) is 4.99 Å².